The van der Waals surface area contributed by atoms with Crippen molar-refractivity contribution in [3.05, 3.63) is 6.43 Å². The zero-order valence-corrected chi connectivity index (χ0v) is 12.2. The van der Waals surface area contributed by atoms with Gasteiger partial charge in [-0.2, -0.15) is 8.78 Å². The Morgan fingerprint density at radius 3 is 1.04 bits per heavy atom. The summed E-state index contributed by atoms with van der Waals surface area (Å²) in [7, 11) is 0. The highest BCUT2D eigenvalue weighted by Crippen LogP contribution is 2.46. The fourth-order valence-electron chi connectivity index (χ4n) is 2.01. The Hall–Kier alpha value is -0.910. The average molecular weight is 403 g/mol. The van der Waals surface area contributed by atoms with Crippen LogP contribution in [-0.2, 0) is 0 Å². The molecule has 1 radical (unpaired) electrons. The van der Waals surface area contributed by atoms with Gasteiger partial charge in [0.25, 0.3) is 29.6 Å². The Kier molecular flexibility index (Phi) is 7.48. The summed E-state index contributed by atoms with van der Waals surface area (Å²) in [5.41, 5.74) is 0. The first-order valence-electron chi connectivity index (χ1n) is 6.42. The molecule has 0 aromatic heterocycles. The lowest BCUT2D eigenvalue weighted by atomic mass is 9.96. The average Bonchev–Trinajstić information content (AvgIpc) is 2.18. The summed E-state index contributed by atoms with van der Waals surface area (Å²) in [5.74, 6) is -24.6. The molecule has 0 fully saturated rings. The normalized spacial score (nSPS) is 15.1. The van der Waals surface area contributed by atoms with Crippen LogP contribution in [0.3, 0.4) is 0 Å². The number of hydrogen-bond donors (Lipinski definition) is 0. The van der Waals surface area contributed by atoms with E-state index in [2.05, 4.69) is 0 Å². The Morgan fingerprint density at radius 2 is 0.760 bits per heavy atom. The molecule has 0 spiro atoms. The zero-order valence-electron chi connectivity index (χ0n) is 12.2. The van der Waals surface area contributed by atoms with Gasteiger partial charge >= 0.3 is 6.43 Å². The predicted octanol–water partition coefficient (Wildman–Crippen LogP) is 6.51. The Morgan fingerprint density at radius 1 is 0.480 bits per heavy atom. The summed E-state index contributed by atoms with van der Waals surface area (Å²) < 4.78 is 165. The van der Waals surface area contributed by atoms with Crippen molar-refractivity contribution in [2.24, 2.45) is 0 Å². The van der Waals surface area contributed by atoms with E-state index in [-0.39, 0.29) is 0 Å². The summed E-state index contributed by atoms with van der Waals surface area (Å²) in [5, 5.41) is 0. The van der Waals surface area contributed by atoms with Crippen LogP contribution in [-0.4, -0.2) is 36.3 Å². The molecule has 0 rings (SSSR count). The van der Waals surface area contributed by atoms with Crippen LogP contribution >= 0.6 is 0 Å². The summed E-state index contributed by atoms with van der Waals surface area (Å²) >= 11 is 0. The van der Waals surface area contributed by atoms with Crippen molar-refractivity contribution < 1.29 is 57.1 Å². The molecule has 0 aromatic carbocycles. The molecule has 151 valence electrons. The maximum Gasteiger partial charge on any atom is 0.316 e. The van der Waals surface area contributed by atoms with Crippen molar-refractivity contribution in [1.29, 1.82) is 0 Å². The fourth-order valence-corrected chi connectivity index (χ4v) is 2.01. The van der Waals surface area contributed by atoms with Crippen LogP contribution in [0.15, 0.2) is 0 Å². The van der Waals surface area contributed by atoms with Crippen LogP contribution in [0.2, 0.25) is 0 Å². The molecule has 25 heavy (non-hydrogen) atoms. The summed E-state index contributed by atoms with van der Waals surface area (Å²) in [6, 6.07) is 0. The lowest BCUT2D eigenvalue weighted by molar-refractivity contribution is -0.194. The number of alkyl halides is 11. The minimum absolute atomic E-state index is 2.44. The lowest BCUT2D eigenvalue weighted by Crippen LogP contribution is -2.40. The molecule has 0 aromatic rings. The van der Waals surface area contributed by atoms with Crippen LogP contribution in [0.25, 0.3) is 0 Å². The van der Waals surface area contributed by atoms with Gasteiger partial charge < -0.3 is 0 Å². The van der Waals surface area contributed by atoms with Crippen LogP contribution in [0, 0.1) is 6.43 Å². The van der Waals surface area contributed by atoms with Gasteiger partial charge in [0.1, 0.15) is 0 Å². The molecule has 0 heterocycles. The Labute approximate surface area is 133 Å². The standard InChI is InChI=1S/C12H12F13/c13-6-12(24,25)5-11(22,23)4-10(20,21)3-9(18,19)2-8(16,17)1-7(14)15/h1-6H2. The third-order valence-electron chi connectivity index (χ3n) is 2.66. The van der Waals surface area contributed by atoms with E-state index < -0.39 is 74.8 Å². The topological polar surface area (TPSA) is 0 Å². The molecular formula is C12H12F13. The van der Waals surface area contributed by atoms with Gasteiger partial charge in [0, 0.05) is 0 Å². The van der Waals surface area contributed by atoms with Gasteiger partial charge in [-0.05, 0) is 0 Å². The maximum atomic E-state index is 13.2. The second kappa shape index (κ2) is 7.77. The summed E-state index contributed by atoms with van der Waals surface area (Å²) in [6.45, 7) is -2.61. The molecule has 0 aliphatic heterocycles. The van der Waals surface area contributed by atoms with E-state index in [4.69, 9.17) is 0 Å². The first-order valence-corrected chi connectivity index (χ1v) is 6.42. The minimum Gasteiger partial charge on any atom is -0.244 e. The molecule has 0 unspecified atom stereocenters. The Balaban J connectivity index is 4.98. The monoisotopic (exact) mass is 403 g/mol. The molecular weight excluding hydrogens is 391 g/mol. The quantitative estimate of drug-likeness (QED) is 0.345. The molecule has 0 bridgehead atoms. The SMILES string of the molecule is FCC(F)(F)CC(F)(F)CC(F)(F)CC(F)(F)CC(F)(F)C[C](F)F. The second-order valence-electron chi connectivity index (χ2n) is 5.64. The van der Waals surface area contributed by atoms with Crippen LogP contribution in [0.1, 0.15) is 32.1 Å². The van der Waals surface area contributed by atoms with Gasteiger partial charge in [0.2, 0.25) is 0 Å². The van der Waals surface area contributed by atoms with Crippen molar-refractivity contribution in [1.82, 2.24) is 0 Å². The summed E-state index contributed by atoms with van der Waals surface area (Å²) in [4.78, 5) is 0. The smallest absolute Gasteiger partial charge is 0.244 e. The van der Waals surface area contributed by atoms with Crippen LogP contribution in [0.5, 0.6) is 0 Å². The van der Waals surface area contributed by atoms with E-state index in [0.29, 0.717) is 0 Å². The molecule has 0 saturated heterocycles. The molecule has 0 amide bonds. The van der Waals surface area contributed by atoms with E-state index in [1.165, 1.54) is 0 Å². The van der Waals surface area contributed by atoms with Gasteiger partial charge in [-0.25, -0.2) is 48.3 Å². The number of hydrogen-bond acceptors (Lipinski definition) is 0. The van der Waals surface area contributed by atoms with Crippen molar-refractivity contribution in [3.63, 3.8) is 0 Å². The van der Waals surface area contributed by atoms with Crippen molar-refractivity contribution in [3.8, 4) is 0 Å². The van der Waals surface area contributed by atoms with Gasteiger partial charge in [0.15, 0.2) is 6.67 Å². The molecule has 0 nitrogen and oxygen atoms in total. The first-order chi connectivity index (χ1) is 10.8. The van der Waals surface area contributed by atoms with Crippen molar-refractivity contribution in [2.75, 3.05) is 6.67 Å². The third-order valence-corrected chi connectivity index (χ3v) is 2.66. The van der Waals surface area contributed by atoms with Crippen molar-refractivity contribution in [2.45, 2.75) is 61.7 Å². The van der Waals surface area contributed by atoms with Crippen LogP contribution < -0.4 is 0 Å². The highest BCUT2D eigenvalue weighted by molar-refractivity contribution is 4.89. The number of rotatable bonds is 11. The minimum atomic E-state index is -5.09. The highest BCUT2D eigenvalue weighted by Gasteiger charge is 2.55. The van der Waals surface area contributed by atoms with Gasteiger partial charge in [-0.15, -0.1) is 0 Å². The molecule has 0 N–H and O–H groups in total. The largest absolute Gasteiger partial charge is 0.316 e. The molecule has 0 aliphatic rings. The Bertz CT molecular complexity index is 415. The predicted molar refractivity (Wildman–Crippen MR) is 59.3 cm³/mol. The van der Waals surface area contributed by atoms with E-state index >= 15 is 0 Å². The fraction of sp³-hybridized carbons (Fsp3) is 0.917. The third kappa shape index (κ3) is 10.6. The van der Waals surface area contributed by atoms with E-state index in [1.54, 1.807) is 0 Å². The highest BCUT2D eigenvalue weighted by atomic mass is 19.3. The van der Waals surface area contributed by atoms with E-state index in [1.807, 2.05) is 0 Å². The van der Waals surface area contributed by atoms with Gasteiger partial charge in [-0.3, -0.25) is 0 Å². The molecule has 0 saturated carbocycles. The first kappa shape index (κ1) is 24.1. The lowest BCUT2D eigenvalue weighted by Gasteiger charge is -2.29. The molecule has 0 atom stereocenters. The summed E-state index contributed by atoms with van der Waals surface area (Å²) in [6.07, 6.45) is -16.6. The molecule has 13 heteroatoms. The van der Waals surface area contributed by atoms with Gasteiger partial charge in [0.05, 0.1) is 32.1 Å². The number of halogens is 13. The maximum absolute atomic E-state index is 13.2. The zero-order chi connectivity index (χ0) is 20.3. The van der Waals surface area contributed by atoms with Gasteiger partial charge in [-0.1, -0.05) is 0 Å². The van der Waals surface area contributed by atoms with Crippen molar-refractivity contribution >= 4 is 0 Å². The molecule has 0 aliphatic carbocycles. The second-order valence-corrected chi connectivity index (χ2v) is 5.64. The van der Waals surface area contributed by atoms with E-state index in [0.717, 1.165) is 0 Å². The van der Waals surface area contributed by atoms with E-state index in [9.17, 15) is 57.1 Å². The van der Waals surface area contributed by atoms with Crippen LogP contribution in [0.4, 0.5) is 57.1 Å².